The topological polar surface area (TPSA) is 87.3 Å². The van der Waals surface area contributed by atoms with Crippen LogP contribution in [-0.2, 0) is 45.5 Å². The van der Waals surface area contributed by atoms with Crippen LogP contribution < -0.4 is 0 Å². The zero-order chi connectivity index (χ0) is 23.2. The van der Waals surface area contributed by atoms with Crippen molar-refractivity contribution >= 4 is 17.4 Å². The van der Waals surface area contributed by atoms with E-state index < -0.39 is 17.7 Å². The molecule has 11 heteroatoms. The number of aromatic nitrogens is 2. The molecule has 0 aliphatic heterocycles. The lowest BCUT2D eigenvalue weighted by atomic mass is 10.1. The van der Waals surface area contributed by atoms with Gasteiger partial charge in [0.1, 0.15) is 19.4 Å². The van der Waals surface area contributed by atoms with E-state index in [0.29, 0.717) is 23.4 Å². The van der Waals surface area contributed by atoms with Gasteiger partial charge >= 0.3 is 12.1 Å². The SMILES string of the molecule is CCc1nn(C)c(C(=NOC)C(=O)OC)c1CON=C(C)c1cccc(C(F)(F)F)c1. The van der Waals surface area contributed by atoms with Gasteiger partial charge in [-0.2, -0.15) is 18.3 Å². The maximum Gasteiger partial charge on any atom is 0.416 e. The lowest BCUT2D eigenvalue weighted by molar-refractivity contribution is -0.137. The molecule has 0 fully saturated rings. The molecule has 0 atom stereocenters. The fraction of sp³-hybridized carbons (Fsp3) is 0.400. The van der Waals surface area contributed by atoms with Gasteiger partial charge in [-0.15, -0.1) is 0 Å². The van der Waals surface area contributed by atoms with E-state index in [4.69, 9.17) is 14.4 Å². The number of ether oxygens (including phenoxy) is 1. The number of nitrogens with zero attached hydrogens (tertiary/aromatic N) is 4. The van der Waals surface area contributed by atoms with E-state index in [9.17, 15) is 18.0 Å². The Morgan fingerprint density at radius 2 is 1.94 bits per heavy atom. The molecule has 31 heavy (non-hydrogen) atoms. The molecule has 0 amide bonds. The van der Waals surface area contributed by atoms with Crippen molar-refractivity contribution in [3.05, 3.63) is 52.3 Å². The molecule has 0 aliphatic rings. The second-order valence-electron chi connectivity index (χ2n) is 6.39. The van der Waals surface area contributed by atoms with Crippen LogP contribution in [0.1, 0.15) is 41.9 Å². The first kappa shape index (κ1) is 23.9. The summed E-state index contributed by atoms with van der Waals surface area (Å²) in [7, 11) is 4.13. The molecule has 0 saturated heterocycles. The first-order valence-electron chi connectivity index (χ1n) is 9.22. The first-order valence-corrected chi connectivity index (χ1v) is 9.22. The van der Waals surface area contributed by atoms with E-state index in [1.165, 1.54) is 38.0 Å². The molecule has 0 unspecified atom stereocenters. The highest BCUT2D eigenvalue weighted by Gasteiger charge is 2.30. The minimum absolute atomic E-state index is 0.0949. The Bertz CT molecular complexity index is 997. The summed E-state index contributed by atoms with van der Waals surface area (Å²) in [6, 6.07) is 4.78. The number of alkyl halides is 3. The van der Waals surface area contributed by atoms with E-state index >= 15 is 0 Å². The number of benzene rings is 1. The number of rotatable bonds is 8. The lowest BCUT2D eigenvalue weighted by Gasteiger charge is -2.09. The molecule has 2 aromatic rings. The Kier molecular flexibility index (Phi) is 7.78. The van der Waals surface area contributed by atoms with Gasteiger partial charge < -0.3 is 14.4 Å². The van der Waals surface area contributed by atoms with Gasteiger partial charge in [-0.3, -0.25) is 4.68 Å². The van der Waals surface area contributed by atoms with E-state index in [0.717, 1.165) is 12.1 Å². The monoisotopic (exact) mass is 440 g/mol. The van der Waals surface area contributed by atoms with Crippen LogP contribution in [0.25, 0.3) is 0 Å². The van der Waals surface area contributed by atoms with Gasteiger partial charge in [0.2, 0.25) is 5.71 Å². The molecular weight excluding hydrogens is 417 g/mol. The van der Waals surface area contributed by atoms with Crippen molar-refractivity contribution < 1.29 is 32.4 Å². The first-order chi connectivity index (χ1) is 14.6. The van der Waals surface area contributed by atoms with Crippen LogP contribution in [0.2, 0.25) is 0 Å². The summed E-state index contributed by atoms with van der Waals surface area (Å²) in [5.74, 6) is -0.725. The van der Waals surface area contributed by atoms with Crippen molar-refractivity contribution in [1.29, 1.82) is 0 Å². The van der Waals surface area contributed by atoms with Crippen molar-refractivity contribution in [2.24, 2.45) is 17.4 Å². The third-order valence-electron chi connectivity index (χ3n) is 4.37. The average Bonchev–Trinajstić information content (AvgIpc) is 3.05. The molecule has 1 aromatic heterocycles. The molecule has 0 spiro atoms. The number of halogens is 3. The molecule has 0 saturated carbocycles. The molecule has 2 rings (SSSR count). The molecule has 0 aliphatic carbocycles. The maximum atomic E-state index is 12.9. The third-order valence-corrected chi connectivity index (χ3v) is 4.37. The second kappa shape index (κ2) is 10.1. The molecule has 8 nitrogen and oxygen atoms in total. The van der Waals surface area contributed by atoms with E-state index in [1.807, 2.05) is 6.92 Å². The molecule has 0 bridgehead atoms. The summed E-state index contributed by atoms with van der Waals surface area (Å²) in [6.45, 7) is 3.31. The fourth-order valence-electron chi connectivity index (χ4n) is 2.89. The van der Waals surface area contributed by atoms with Crippen molar-refractivity contribution in [2.45, 2.75) is 33.1 Å². The summed E-state index contributed by atoms with van der Waals surface area (Å²) in [4.78, 5) is 22.3. The third kappa shape index (κ3) is 5.62. The minimum atomic E-state index is -4.46. The summed E-state index contributed by atoms with van der Waals surface area (Å²) in [6.07, 6.45) is -3.92. The van der Waals surface area contributed by atoms with Crippen molar-refractivity contribution in [3.63, 3.8) is 0 Å². The molecule has 0 radical (unpaired) electrons. The number of carbonyl (C=O) groups excluding carboxylic acids is 1. The second-order valence-corrected chi connectivity index (χ2v) is 6.39. The summed E-state index contributed by atoms with van der Waals surface area (Å²) in [5, 5.41) is 12.0. The Morgan fingerprint density at radius 1 is 1.23 bits per heavy atom. The van der Waals surface area contributed by atoms with Crippen LogP contribution in [-0.4, -0.2) is 41.4 Å². The molecule has 168 valence electrons. The van der Waals surface area contributed by atoms with Crippen molar-refractivity contribution in [3.8, 4) is 0 Å². The summed E-state index contributed by atoms with van der Waals surface area (Å²) < 4.78 is 45.0. The van der Waals surface area contributed by atoms with E-state index in [-0.39, 0.29) is 23.6 Å². The summed E-state index contributed by atoms with van der Waals surface area (Å²) in [5.41, 5.74) is 1.15. The van der Waals surface area contributed by atoms with Gasteiger partial charge in [-0.05, 0) is 31.0 Å². The molecule has 0 N–H and O–H groups in total. The normalized spacial score (nSPS) is 12.6. The maximum absolute atomic E-state index is 12.9. The Hall–Kier alpha value is -3.37. The highest BCUT2D eigenvalue weighted by molar-refractivity contribution is 6.43. The van der Waals surface area contributed by atoms with Crippen LogP contribution in [0.4, 0.5) is 13.2 Å². The lowest BCUT2D eigenvalue weighted by Crippen LogP contribution is -2.22. The fourth-order valence-corrected chi connectivity index (χ4v) is 2.89. The standard InChI is InChI=1S/C20H23F3N4O4/c1-6-16-15(18(27(3)24-16)17(26-30-5)19(28)29-4)11-31-25-12(2)13-8-7-9-14(10-13)20(21,22)23/h7-10H,6,11H2,1-5H3. The smallest absolute Gasteiger partial charge is 0.416 e. The average molecular weight is 440 g/mol. The van der Waals surface area contributed by atoms with Crippen LogP contribution in [0.5, 0.6) is 0 Å². The van der Waals surface area contributed by atoms with Gasteiger partial charge in [0.25, 0.3) is 0 Å². The number of methoxy groups -OCH3 is 1. The van der Waals surface area contributed by atoms with Crippen molar-refractivity contribution in [2.75, 3.05) is 14.2 Å². The predicted octanol–water partition coefficient (Wildman–Crippen LogP) is 3.47. The molecule has 1 aromatic carbocycles. The number of oxime groups is 2. The molecule has 1 heterocycles. The van der Waals surface area contributed by atoms with Gasteiger partial charge in [-0.25, -0.2) is 4.79 Å². The minimum Gasteiger partial charge on any atom is -0.464 e. The van der Waals surface area contributed by atoms with Crippen LogP contribution in [0, 0.1) is 0 Å². The zero-order valence-electron chi connectivity index (χ0n) is 17.8. The van der Waals surface area contributed by atoms with Gasteiger partial charge in [0.15, 0.2) is 0 Å². The Labute approximate surface area is 177 Å². The van der Waals surface area contributed by atoms with Crippen molar-refractivity contribution in [1.82, 2.24) is 9.78 Å². The summed E-state index contributed by atoms with van der Waals surface area (Å²) >= 11 is 0. The molecular formula is C20H23F3N4O4. The Balaban J connectivity index is 2.33. The van der Waals surface area contributed by atoms with Gasteiger partial charge in [0, 0.05) is 12.6 Å². The number of carbonyl (C=O) groups is 1. The van der Waals surface area contributed by atoms with E-state index in [2.05, 4.69) is 15.4 Å². The number of hydrogen-bond donors (Lipinski definition) is 0. The Morgan fingerprint density at radius 3 is 2.52 bits per heavy atom. The highest BCUT2D eigenvalue weighted by Crippen LogP contribution is 2.29. The highest BCUT2D eigenvalue weighted by atomic mass is 19.4. The number of aryl methyl sites for hydroxylation is 2. The zero-order valence-corrected chi connectivity index (χ0v) is 17.8. The quantitative estimate of drug-likeness (QED) is 0.356. The van der Waals surface area contributed by atoms with Crippen LogP contribution in [0.15, 0.2) is 34.6 Å². The largest absolute Gasteiger partial charge is 0.464 e. The number of hydrogen-bond acceptors (Lipinski definition) is 7. The predicted molar refractivity (Wildman–Crippen MR) is 107 cm³/mol. The number of esters is 1. The van der Waals surface area contributed by atoms with Crippen LogP contribution >= 0.6 is 0 Å². The van der Waals surface area contributed by atoms with Gasteiger partial charge in [0.05, 0.1) is 24.1 Å². The van der Waals surface area contributed by atoms with Gasteiger partial charge in [-0.1, -0.05) is 29.4 Å². The van der Waals surface area contributed by atoms with Crippen LogP contribution in [0.3, 0.4) is 0 Å². The van der Waals surface area contributed by atoms with E-state index in [1.54, 1.807) is 7.05 Å².